The van der Waals surface area contributed by atoms with Crippen LogP contribution in [0.5, 0.6) is 0 Å². The summed E-state index contributed by atoms with van der Waals surface area (Å²) in [6.45, 7) is 0. The van der Waals surface area contributed by atoms with Gasteiger partial charge in [-0.05, 0) is 47.0 Å². The second kappa shape index (κ2) is 7.74. The number of halogens is 1. The lowest BCUT2D eigenvalue weighted by atomic mass is 9.95. The van der Waals surface area contributed by atoms with Gasteiger partial charge in [-0.1, -0.05) is 23.7 Å². The van der Waals surface area contributed by atoms with E-state index in [4.69, 9.17) is 4.84 Å². The molecule has 0 unspecified atom stereocenters. The molecule has 23 heavy (non-hydrogen) atoms. The van der Waals surface area contributed by atoms with Crippen molar-refractivity contribution in [3.8, 4) is 0 Å². The minimum absolute atomic E-state index is 0.0128. The van der Waals surface area contributed by atoms with E-state index < -0.39 is 10.0 Å². The lowest BCUT2D eigenvalue weighted by molar-refractivity contribution is -0.0258. The zero-order chi connectivity index (χ0) is 17.0. The van der Waals surface area contributed by atoms with Gasteiger partial charge >= 0.3 is 0 Å². The summed E-state index contributed by atoms with van der Waals surface area (Å²) in [5.74, 6) is -0.263. The summed E-state index contributed by atoms with van der Waals surface area (Å²) >= 11 is 3.32. The summed E-state index contributed by atoms with van der Waals surface area (Å²) in [5, 5.41) is 2.99. The quantitative estimate of drug-likeness (QED) is 0.765. The van der Waals surface area contributed by atoms with E-state index in [1.165, 1.54) is 32.7 Å². The van der Waals surface area contributed by atoms with Gasteiger partial charge in [-0.2, -0.15) is 0 Å². The van der Waals surface area contributed by atoms with Crippen molar-refractivity contribution in [3.05, 3.63) is 28.2 Å². The van der Waals surface area contributed by atoms with Crippen LogP contribution in [0.2, 0.25) is 0 Å². The van der Waals surface area contributed by atoms with Gasteiger partial charge < -0.3 is 5.32 Å². The molecule has 0 heterocycles. The molecule has 6 nitrogen and oxygen atoms in total. The van der Waals surface area contributed by atoms with E-state index in [2.05, 4.69) is 21.2 Å². The topological polar surface area (TPSA) is 75.7 Å². The van der Waals surface area contributed by atoms with Crippen molar-refractivity contribution in [1.82, 2.24) is 9.79 Å². The van der Waals surface area contributed by atoms with E-state index in [9.17, 15) is 13.2 Å². The van der Waals surface area contributed by atoms with E-state index in [0.717, 1.165) is 30.2 Å². The van der Waals surface area contributed by atoms with Gasteiger partial charge in [0.05, 0.1) is 17.6 Å². The van der Waals surface area contributed by atoms with Gasteiger partial charge in [-0.15, -0.1) is 0 Å². The number of amides is 1. The van der Waals surface area contributed by atoms with Crippen LogP contribution in [0, 0.1) is 0 Å². The molecule has 1 amide bonds. The summed E-state index contributed by atoms with van der Waals surface area (Å²) in [7, 11) is -1.21. The summed E-state index contributed by atoms with van der Waals surface area (Å²) in [4.78, 5) is 17.2. The molecule has 0 bridgehead atoms. The predicted molar refractivity (Wildman–Crippen MR) is 90.4 cm³/mol. The van der Waals surface area contributed by atoms with Gasteiger partial charge in [0.25, 0.3) is 15.9 Å². The van der Waals surface area contributed by atoms with Crippen molar-refractivity contribution < 1.29 is 18.0 Å². The molecular formula is C15H21BrN2O4S. The summed E-state index contributed by atoms with van der Waals surface area (Å²) < 4.78 is 25.9. The Hall–Kier alpha value is -0.960. The first kappa shape index (κ1) is 18.4. The van der Waals surface area contributed by atoms with Crippen LogP contribution in [0.4, 0.5) is 0 Å². The zero-order valence-corrected chi connectivity index (χ0v) is 15.6. The third kappa shape index (κ3) is 4.32. The average Bonchev–Trinajstić information content (AvgIpc) is 2.55. The molecule has 1 aliphatic rings. The Morgan fingerprint density at radius 3 is 2.57 bits per heavy atom. The van der Waals surface area contributed by atoms with E-state index in [1.807, 2.05) is 0 Å². The maximum Gasteiger partial charge on any atom is 0.264 e. The number of carbonyl (C=O) groups excluding carboxylic acids is 1. The van der Waals surface area contributed by atoms with Crippen molar-refractivity contribution in [2.24, 2.45) is 0 Å². The largest absolute Gasteiger partial charge is 0.349 e. The molecule has 0 spiro atoms. The number of hydroxylamine groups is 1. The van der Waals surface area contributed by atoms with Gasteiger partial charge in [0.2, 0.25) is 0 Å². The Kier molecular flexibility index (Phi) is 6.19. The number of benzene rings is 1. The SMILES string of the molecule is CON(C)S(=O)(=O)c1ccc(Br)c(C(=O)NC2CCCCC2)c1. The normalized spacial score (nSPS) is 16.5. The number of carbonyl (C=O) groups is 1. The van der Waals surface area contributed by atoms with Crippen molar-refractivity contribution in [2.75, 3.05) is 14.2 Å². The highest BCUT2D eigenvalue weighted by atomic mass is 79.9. The molecule has 0 aliphatic heterocycles. The van der Waals surface area contributed by atoms with Crippen LogP contribution in [-0.4, -0.2) is 39.0 Å². The van der Waals surface area contributed by atoms with Gasteiger partial charge in [-0.3, -0.25) is 9.63 Å². The Balaban J connectivity index is 2.25. The van der Waals surface area contributed by atoms with Gasteiger partial charge in [-0.25, -0.2) is 8.42 Å². The zero-order valence-electron chi connectivity index (χ0n) is 13.2. The minimum atomic E-state index is -3.78. The van der Waals surface area contributed by atoms with E-state index in [-0.39, 0.29) is 16.8 Å². The fourth-order valence-electron chi connectivity index (χ4n) is 2.60. The predicted octanol–water partition coefficient (Wildman–Crippen LogP) is 2.69. The standard InChI is InChI=1S/C15H21BrN2O4S/c1-18(22-2)23(20,21)12-8-9-14(16)13(10-12)15(19)17-11-6-4-3-5-7-11/h8-11H,3-7H2,1-2H3,(H,17,19). The van der Waals surface area contributed by atoms with Crippen LogP contribution in [0.25, 0.3) is 0 Å². The number of sulfonamides is 1. The van der Waals surface area contributed by atoms with Crippen LogP contribution in [0.3, 0.4) is 0 Å². The highest BCUT2D eigenvalue weighted by Crippen LogP contribution is 2.24. The molecule has 128 valence electrons. The van der Waals surface area contributed by atoms with Crippen molar-refractivity contribution in [2.45, 2.75) is 43.0 Å². The number of hydrogen-bond donors (Lipinski definition) is 1. The Morgan fingerprint density at radius 1 is 1.30 bits per heavy atom. The lowest BCUT2D eigenvalue weighted by Crippen LogP contribution is -2.36. The second-order valence-electron chi connectivity index (χ2n) is 5.55. The summed E-state index contributed by atoms with van der Waals surface area (Å²) in [6.07, 6.45) is 5.35. The smallest absolute Gasteiger partial charge is 0.264 e. The first-order chi connectivity index (χ1) is 10.9. The lowest BCUT2D eigenvalue weighted by Gasteiger charge is -2.23. The molecule has 0 radical (unpaired) electrons. The van der Waals surface area contributed by atoms with E-state index >= 15 is 0 Å². The molecule has 1 aromatic carbocycles. The molecule has 1 aliphatic carbocycles. The first-order valence-electron chi connectivity index (χ1n) is 7.49. The van der Waals surface area contributed by atoms with Crippen molar-refractivity contribution in [1.29, 1.82) is 0 Å². The van der Waals surface area contributed by atoms with Gasteiger partial charge in [0.1, 0.15) is 0 Å². The molecule has 8 heteroatoms. The third-order valence-electron chi connectivity index (χ3n) is 4.02. The number of rotatable bonds is 5. The number of nitrogens with one attached hydrogen (secondary N) is 1. The van der Waals surface area contributed by atoms with Crippen molar-refractivity contribution in [3.63, 3.8) is 0 Å². The molecule has 1 saturated carbocycles. The van der Waals surface area contributed by atoms with Crippen LogP contribution in [0.1, 0.15) is 42.5 Å². The van der Waals surface area contributed by atoms with Gasteiger partial charge in [0, 0.05) is 17.6 Å². The summed E-state index contributed by atoms with van der Waals surface area (Å²) in [6, 6.07) is 4.52. The van der Waals surface area contributed by atoms with Crippen LogP contribution in [0.15, 0.2) is 27.6 Å². The molecule has 0 aromatic heterocycles. The highest BCUT2D eigenvalue weighted by Gasteiger charge is 2.24. The molecule has 1 fully saturated rings. The number of hydrogen-bond acceptors (Lipinski definition) is 4. The summed E-state index contributed by atoms with van der Waals surface area (Å²) in [5.41, 5.74) is 0.307. The molecule has 2 rings (SSSR count). The Bertz CT molecular complexity index is 672. The fraction of sp³-hybridized carbons (Fsp3) is 0.533. The molecule has 0 atom stereocenters. The first-order valence-corrected chi connectivity index (χ1v) is 9.73. The molecule has 0 saturated heterocycles. The second-order valence-corrected chi connectivity index (χ2v) is 8.34. The van der Waals surface area contributed by atoms with Gasteiger partial charge in [0.15, 0.2) is 0 Å². The van der Waals surface area contributed by atoms with E-state index in [1.54, 1.807) is 6.07 Å². The third-order valence-corrected chi connectivity index (χ3v) is 6.38. The van der Waals surface area contributed by atoms with Crippen LogP contribution >= 0.6 is 15.9 Å². The number of nitrogens with zero attached hydrogens (tertiary/aromatic N) is 1. The molecular weight excluding hydrogens is 384 g/mol. The van der Waals surface area contributed by atoms with Crippen LogP contribution < -0.4 is 5.32 Å². The molecule has 1 aromatic rings. The monoisotopic (exact) mass is 404 g/mol. The fourth-order valence-corrected chi connectivity index (χ4v) is 4.02. The Labute approximate surface area is 145 Å². The molecule has 1 N–H and O–H groups in total. The minimum Gasteiger partial charge on any atom is -0.349 e. The maximum absolute atomic E-state index is 12.5. The van der Waals surface area contributed by atoms with E-state index in [0.29, 0.717) is 10.0 Å². The maximum atomic E-state index is 12.5. The Morgan fingerprint density at radius 2 is 1.96 bits per heavy atom. The van der Waals surface area contributed by atoms with Crippen molar-refractivity contribution >= 4 is 31.9 Å². The van der Waals surface area contributed by atoms with Crippen LogP contribution in [-0.2, 0) is 14.9 Å². The average molecular weight is 405 g/mol. The highest BCUT2D eigenvalue weighted by molar-refractivity contribution is 9.10.